The lowest BCUT2D eigenvalue weighted by atomic mass is 9.74. The molecule has 3 N–H and O–H groups in total. The number of halogens is 2. The molecule has 2 nitrogen and oxygen atoms in total. The monoisotopic (exact) mass is 271 g/mol. The molecule has 2 unspecified atom stereocenters. The molecule has 0 aromatic heterocycles. The number of hydrogen-bond donors (Lipinski definition) is 2. The number of rotatable bonds is 7. The van der Waals surface area contributed by atoms with E-state index in [1.54, 1.807) is 0 Å². The Balaban J connectivity index is 3.09. The number of hydrogen-bond acceptors (Lipinski definition) is 2. The molecule has 0 bridgehead atoms. The molecule has 0 heterocycles. The Kier molecular flexibility index (Phi) is 5.88. The zero-order chi connectivity index (χ0) is 14.5. The molecule has 0 saturated heterocycles. The van der Waals surface area contributed by atoms with E-state index in [1.807, 2.05) is 0 Å². The SMILES string of the molecule is CCCC(C)CC(CN)(CO)c1cc(F)cc(F)c1. The number of benzene rings is 1. The van der Waals surface area contributed by atoms with Gasteiger partial charge in [0.25, 0.3) is 0 Å². The van der Waals surface area contributed by atoms with Crippen molar-refractivity contribution in [2.75, 3.05) is 13.2 Å². The third kappa shape index (κ3) is 3.98. The molecule has 1 aromatic carbocycles. The summed E-state index contributed by atoms with van der Waals surface area (Å²) in [4.78, 5) is 0. The maximum absolute atomic E-state index is 13.4. The lowest BCUT2D eigenvalue weighted by Gasteiger charge is -2.33. The first-order valence-corrected chi connectivity index (χ1v) is 6.75. The first-order valence-electron chi connectivity index (χ1n) is 6.75. The molecule has 2 atom stereocenters. The van der Waals surface area contributed by atoms with Crippen LogP contribution in [0.15, 0.2) is 18.2 Å². The van der Waals surface area contributed by atoms with E-state index in [4.69, 9.17) is 5.73 Å². The van der Waals surface area contributed by atoms with E-state index >= 15 is 0 Å². The van der Waals surface area contributed by atoms with Crippen molar-refractivity contribution in [3.05, 3.63) is 35.4 Å². The van der Waals surface area contributed by atoms with E-state index in [1.165, 1.54) is 12.1 Å². The van der Waals surface area contributed by atoms with Crippen molar-refractivity contribution < 1.29 is 13.9 Å². The highest BCUT2D eigenvalue weighted by Crippen LogP contribution is 2.32. The number of nitrogens with two attached hydrogens (primary N) is 1. The standard InChI is InChI=1S/C15H23F2NO/c1-3-4-11(2)8-15(9-18,10-19)12-5-13(16)7-14(17)6-12/h5-7,11,19H,3-4,8-10,18H2,1-2H3. The van der Waals surface area contributed by atoms with Gasteiger partial charge in [0.1, 0.15) is 11.6 Å². The van der Waals surface area contributed by atoms with Crippen molar-refractivity contribution in [3.8, 4) is 0 Å². The second-order valence-corrected chi connectivity index (χ2v) is 5.40. The second kappa shape index (κ2) is 6.96. The molecular formula is C15H23F2NO. The van der Waals surface area contributed by atoms with Gasteiger partial charge in [0.15, 0.2) is 0 Å². The molecule has 0 radical (unpaired) electrons. The van der Waals surface area contributed by atoms with Gasteiger partial charge in [0.05, 0.1) is 6.61 Å². The van der Waals surface area contributed by atoms with E-state index < -0.39 is 17.0 Å². The summed E-state index contributed by atoms with van der Waals surface area (Å²) in [6.07, 6.45) is 2.65. The summed E-state index contributed by atoms with van der Waals surface area (Å²) in [6.45, 7) is 4.11. The molecule has 0 amide bonds. The molecule has 0 aliphatic heterocycles. The van der Waals surface area contributed by atoms with Gasteiger partial charge in [-0.15, -0.1) is 0 Å². The first kappa shape index (κ1) is 16.1. The highest BCUT2D eigenvalue weighted by Gasteiger charge is 2.32. The second-order valence-electron chi connectivity index (χ2n) is 5.40. The van der Waals surface area contributed by atoms with Gasteiger partial charge in [-0.1, -0.05) is 26.7 Å². The Bertz CT molecular complexity index is 385. The first-order chi connectivity index (χ1) is 8.97. The van der Waals surface area contributed by atoms with Gasteiger partial charge in [0, 0.05) is 18.0 Å². The molecular weight excluding hydrogens is 248 g/mol. The quantitative estimate of drug-likeness (QED) is 0.801. The smallest absolute Gasteiger partial charge is 0.126 e. The van der Waals surface area contributed by atoms with Gasteiger partial charge >= 0.3 is 0 Å². The Morgan fingerprint density at radius 2 is 1.84 bits per heavy atom. The highest BCUT2D eigenvalue weighted by atomic mass is 19.1. The Hall–Kier alpha value is -1.00. The minimum Gasteiger partial charge on any atom is -0.395 e. The highest BCUT2D eigenvalue weighted by molar-refractivity contribution is 5.28. The van der Waals surface area contributed by atoms with Gasteiger partial charge in [-0.05, 0) is 30.0 Å². The van der Waals surface area contributed by atoms with Crippen LogP contribution in [0.2, 0.25) is 0 Å². The summed E-state index contributed by atoms with van der Waals surface area (Å²) in [7, 11) is 0. The third-order valence-electron chi connectivity index (χ3n) is 3.69. The fraction of sp³-hybridized carbons (Fsp3) is 0.600. The zero-order valence-electron chi connectivity index (χ0n) is 11.6. The third-order valence-corrected chi connectivity index (χ3v) is 3.69. The van der Waals surface area contributed by atoms with Crippen molar-refractivity contribution in [2.24, 2.45) is 11.7 Å². The normalized spacial score (nSPS) is 16.1. The van der Waals surface area contributed by atoms with Gasteiger partial charge < -0.3 is 10.8 Å². The largest absolute Gasteiger partial charge is 0.395 e. The van der Waals surface area contributed by atoms with E-state index in [9.17, 15) is 13.9 Å². The molecule has 0 aliphatic carbocycles. The molecule has 108 valence electrons. The average molecular weight is 271 g/mol. The van der Waals surface area contributed by atoms with Gasteiger partial charge in [0.2, 0.25) is 0 Å². The summed E-state index contributed by atoms with van der Waals surface area (Å²) >= 11 is 0. The van der Waals surface area contributed by atoms with Crippen molar-refractivity contribution in [2.45, 2.75) is 38.5 Å². The van der Waals surface area contributed by atoms with Crippen LogP contribution in [-0.4, -0.2) is 18.3 Å². The lowest BCUT2D eigenvalue weighted by Crippen LogP contribution is -2.40. The van der Waals surface area contributed by atoms with Crippen LogP contribution in [0.1, 0.15) is 38.7 Å². The van der Waals surface area contributed by atoms with E-state index in [-0.39, 0.29) is 13.2 Å². The summed E-state index contributed by atoms with van der Waals surface area (Å²) < 4.78 is 26.7. The summed E-state index contributed by atoms with van der Waals surface area (Å²) in [5.41, 5.74) is 5.47. The molecule has 1 rings (SSSR count). The molecule has 19 heavy (non-hydrogen) atoms. The van der Waals surface area contributed by atoms with E-state index in [0.29, 0.717) is 17.9 Å². The van der Waals surface area contributed by atoms with Crippen LogP contribution in [0.5, 0.6) is 0 Å². The fourth-order valence-electron chi connectivity index (χ4n) is 2.66. The van der Waals surface area contributed by atoms with Crippen LogP contribution in [0.4, 0.5) is 8.78 Å². The van der Waals surface area contributed by atoms with Crippen LogP contribution in [0.3, 0.4) is 0 Å². The molecule has 0 saturated carbocycles. The van der Waals surface area contributed by atoms with Gasteiger partial charge in [-0.25, -0.2) is 8.78 Å². The topological polar surface area (TPSA) is 46.2 Å². The summed E-state index contributed by atoms with van der Waals surface area (Å²) in [6, 6.07) is 3.37. The maximum Gasteiger partial charge on any atom is 0.126 e. The predicted octanol–water partition coefficient (Wildman–Crippen LogP) is 2.98. The predicted molar refractivity (Wildman–Crippen MR) is 72.9 cm³/mol. The molecule has 1 aromatic rings. The van der Waals surface area contributed by atoms with Crippen molar-refractivity contribution in [1.29, 1.82) is 0 Å². The Labute approximate surface area is 113 Å². The van der Waals surface area contributed by atoms with Crippen LogP contribution in [0.25, 0.3) is 0 Å². The minimum atomic E-state index is -0.766. The van der Waals surface area contributed by atoms with E-state index in [0.717, 1.165) is 18.9 Å². The zero-order valence-corrected chi connectivity index (χ0v) is 11.6. The minimum absolute atomic E-state index is 0.167. The molecule has 0 aliphatic rings. The molecule has 0 spiro atoms. The lowest BCUT2D eigenvalue weighted by molar-refractivity contribution is 0.168. The number of aliphatic hydroxyl groups is 1. The van der Waals surface area contributed by atoms with Crippen LogP contribution < -0.4 is 5.73 Å². The Morgan fingerprint density at radius 1 is 1.26 bits per heavy atom. The van der Waals surface area contributed by atoms with Crippen molar-refractivity contribution >= 4 is 0 Å². The van der Waals surface area contributed by atoms with E-state index in [2.05, 4.69) is 13.8 Å². The average Bonchev–Trinajstić information content (AvgIpc) is 2.35. The van der Waals surface area contributed by atoms with Crippen LogP contribution in [0, 0.1) is 17.6 Å². The summed E-state index contributed by atoms with van der Waals surface area (Å²) in [5.74, 6) is -0.930. The van der Waals surface area contributed by atoms with Gasteiger partial charge in [-0.2, -0.15) is 0 Å². The molecule has 0 fully saturated rings. The van der Waals surface area contributed by atoms with Crippen molar-refractivity contribution in [3.63, 3.8) is 0 Å². The number of aliphatic hydroxyl groups excluding tert-OH is 1. The maximum atomic E-state index is 13.4. The van der Waals surface area contributed by atoms with Crippen LogP contribution in [-0.2, 0) is 5.41 Å². The summed E-state index contributed by atoms with van der Waals surface area (Å²) in [5, 5.41) is 9.70. The van der Waals surface area contributed by atoms with Crippen molar-refractivity contribution in [1.82, 2.24) is 0 Å². The van der Waals surface area contributed by atoms with Gasteiger partial charge in [-0.3, -0.25) is 0 Å². The fourth-order valence-corrected chi connectivity index (χ4v) is 2.66. The molecule has 4 heteroatoms. The Morgan fingerprint density at radius 3 is 2.26 bits per heavy atom. The van der Waals surface area contributed by atoms with Crippen LogP contribution >= 0.6 is 0 Å².